The number of nitrogens with one attached hydrogen (secondary N) is 2. The smallest absolute Gasteiger partial charge is 0.148 e. The summed E-state index contributed by atoms with van der Waals surface area (Å²) in [6.45, 7) is 9.97. The van der Waals surface area contributed by atoms with Gasteiger partial charge in [-0.15, -0.1) is 0 Å². The molecule has 6 heteroatoms. The highest BCUT2D eigenvalue weighted by Crippen LogP contribution is 2.24. The highest BCUT2D eigenvalue weighted by atomic mass is 16.5. The summed E-state index contributed by atoms with van der Waals surface area (Å²) in [6.07, 6.45) is 1.76. The van der Waals surface area contributed by atoms with Gasteiger partial charge < -0.3 is 15.5 Å². The SMILES string of the molecule is CCc1nc(NN)c(C)c(NCC(C)(C)CCOC)n1. The van der Waals surface area contributed by atoms with Crippen LogP contribution >= 0.6 is 0 Å². The number of hydrogen-bond acceptors (Lipinski definition) is 6. The third-order valence-electron chi connectivity index (χ3n) is 3.36. The number of hydrogen-bond donors (Lipinski definition) is 3. The van der Waals surface area contributed by atoms with E-state index < -0.39 is 0 Å². The molecule has 0 amide bonds. The fourth-order valence-corrected chi connectivity index (χ4v) is 1.82. The van der Waals surface area contributed by atoms with Crippen molar-refractivity contribution >= 4 is 11.6 Å². The van der Waals surface area contributed by atoms with E-state index in [1.165, 1.54) is 0 Å². The zero-order valence-electron chi connectivity index (χ0n) is 13.2. The van der Waals surface area contributed by atoms with Gasteiger partial charge in [-0.3, -0.25) is 0 Å². The van der Waals surface area contributed by atoms with Crippen molar-refractivity contribution in [1.29, 1.82) is 0 Å². The summed E-state index contributed by atoms with van der Waals surface area (Å²) in [6, 6.07) is 0. The first-order chi connectivity index (χ1) is 9.43. The van der Waals surface area contributed by atoms with E-state index in [-0.39, 0.29) is 5.41 Å². The minimum atomic E-state index is 0.135. The number of nitrogens with zero attached hydrogens (tertiary/aromatic N) is 2. The summed E-state index contributed by atoms with van der Waals surface area (Å²) >= 11 is 0. The molecule has 0 radical (unpaired) electrons. The number of methoxy groups -OCH3 is 1. The first kappa shape index (κ1) is 16.7. The zero-order valence-corrected chi connectivity index (χ0v) is 13.2. The Morgan fingerprint density at radius 3 is 2.45 bits per heavy atom. The molecule has 0 fully saturated rings. The molecule has 0 saturated carbocycles. The van der Waals surface area contributed by atoms with Gasteiger partial charge >= 0.3 is 0 Å². The number of anilines is 2. The molecule has 1 aromatic heterocycles. The fraction of sp³-hybridized carbons (Fsp3) is 0.714. The van der Waals surface area contributed by atoms with Crippen molar-refractivity contribution in [2.24, 2.45) is 11.3 Å². The molecule has 4 N–H and O–H groups in total. The van der Waals surface area contributed by atoms with Crippen molar-refractivity contribution in [3.05, 3.63) is 11.4 Å². The molecule has 1 heterocycles. The highest BCUT2D eigenvalue weighted by Gasteiger charge is 2.19. The van der Waals surface area contributed by atoms with Crippen molar-refractivity contribution in [3.63, 3.8) is 0 Å². The molecule has 0 aliphatic rings. The third kappa shape index (κ3) is 4.61. The van der Waals surface area contributed by atoms with Gasteiger partial charge in [0.2, 0.25) is 0 Å². The van der Waals surface area contributed by atoms with Crippen LogP contribution < -0.4 is 16.6 Å². The van der Waals surface area contributed by atoms with E-state index in [1.807, 2.05) is 13.8 Å². The van der Waals surface area contributed by atoms with Gasteiger partial charge in [0.1, 0.15) is 17.5 Å². The standard InChI is InChI=1S/C14H27N5O/c1-6-11-17-12(10(2)13(18-11)19-15)16-9-14(3,4)7-8-20-5/h6-9,15H2,1-5H3,(H2,16,17,18,19). The topological polar surface area (TPSA) is 85.1 Å². The molecule has 0 aromatic carbocycles. The van der Waals surface area contributed by atoms with E-state index in [1.54, 1.807) is 7.11 Å². The summed E-state index contributed by atoms with van der Waals surface area (Å²) in [5.41, 5.74) is 3.70. The van der Waals surface area contributed by atoms with Gasteiger partial charge in [-0.25, -0.2) is 15.8 Å². The lowest BCUT2D eigenvalue weighted by Crippen LogP contribution is -2.26. The Labute approximate surface area is 121 Å². The maximum absolute atomic E-state index is 5.51. The van der Waals surface area contributed by atoms with Crippen molar-refractivity contribution in [2.75, 3.05) is 31.0 Å². The van der Waals surface area contributed by atoms with Crippen LogP contribution in [0.15, 0.2) is 0 Å². The molecule has 20 heavy (non-hydrogen) atoms. The monoisotopic (exact) mass is 281 g/mol. The Hall–Kier alpha value is -1.40. The average molecular weight is 281 g/mol. The molecule has 0 spiro atoms. The van der Waals surface area contributed by atoms with E-state index in [9.17, 15) is 0 Å². The van der Waals surface area contributed by atoms with Crippen LogP contribution in [0.2, 0.25) is 0 Å². The van der Waals surface area contributed by atoms with Crippen LogP contribution in [0.5, 0.6) is 0 Å². The van der Waals surface area contributed by atoms with Crippen LogP contribution in [0.3, 0.4) is 0 Å². The van der Waals surface area contributed by atoms with Gasteiger partial charge in [0.15, 0.2) is 0 Å². The molecule has 114 valence electrons. The van der Waals surface area contributed by atoms with Gasteiger partial charge in [0.25, 0.3) is 0 Å². The van der Waals surface area contributed by atoms with Gasteiger partial charge in [-0.2, -0.15) is 0 Å². The van der Waals surface area contributed by atoms with E-state index in [4.69, 9.17) is 10.6 Å². The predicted molar refractivity (Wildman–Crippen MR) is 82.7 cm³/mol. The Morgan fingerprint density at radius 2 is 1.90 bits per heavy atom. The quantitative estimate of drug-likeness (QED) is 0.500. The highest BCUT2D eigenvalue weighted by molar-refractivity contribution is 5.56. The molecule has 0 bridgehead atoms. The summed E-state index contributed by atoms with van der Waals surface area (Å²) in [4.78, 5) is 8.89. The van der Waals surface area contributed by atoms with Gasteiger partial charge in [-0.05, 0) is 18.8 Å². The molecule has 0 aliphatic heterocycles. The summed E-state index contributed by atoms with van der Waals surface area (Å²) < 4.78 is 5.15. The van der Waals surface area contributed by atoms with Crippen molar-refractivity contribution in [2.45, 2.75) is 40.5 Å². The molecule has 0 aliphatic carbocycles. The van der Waals surface area contributed by atoms with Crippen molar-refractivity contribution in [3.8, 4) is 0 Å². The number of aryl methyl sites for hydroxylation is 1. The van der Waals surface area contributed by atoms with Crippen LogP contribution in [-0.4, -0.2) is 30.2 Å². The number of ether oxygens (including phenoxy) is 1. The number of nitrogens with two attached hydrogens (primary N) is 1. The molecule has 1 rings (SSSR count). The van der Waals surface area contributed by atoms with Crippen molar-refractivity contribution in [1.82, 2.24) is 9.97 Å². The van der Waals surface area contributed by atoms with Gasteiger partial charge in [-0.1, -0.05) is 20.8 Å². The van der Waals surface area contributed by atoms with Crippen LogP contribution in [0.1, 0.15) is 38.6 Å². The maximum atomic E-state index is 5.51. The second-order valence-electron chi connectivity index (χ2n) is 5.72. The Morgan fingerprint density at radius 1 is 1.25 bits per heavy atom. The maximum Gasteiger partial charge on any atom is 0.148 e. The molecule has 6 nitrogen and oxygen atoms in total. The van der Waals surface area contributed by atoms with Crippen LogP contribution in [0, 0.1) is 12.3 Å². The van der Waals surface area contributed by atoms with E-state index in [2.05, 4.69) is 34.6 Å². The Bertz CT molecular complexity index is 434. The molecule has 0 unspecified atom stereocenters. The van der Waals surface area contributed by atoms with E-state index >= 15 is 0 Å². The zero-order chi connectivity index (χ0) is 15.2. The number of aromatic nitrogens is 2. The Balaban J connectivity index is 2.81. The molecular weight excluding hydrogens is 254 g/mol. The minimum absolute atomic E-state index is 0.135. The molecule has 0 saturated heterocycles. The number of nitrogen functional groups attached to an aromatic ring is 1. The summed E-state index contributed by atoms with van der Waals surface area (Å²) in [5, 5.41) is 3.41. The third-order valence-corrected chi connectivity index (χ3v) is 3.36. The first-order valence-corrected chi connectivity index (χ1v) is 7.00. The van der Waals surface area contributed by atoms with Crippen LogP contribution in [-0.2, 0) is 11.2 Å². The van der Waals surface area contributed by atoms with Gasteiger partial charge in [0.05, 0.1) is 0 Å². The summed E-state index contributed by atoms with van der Waals surface area (Å²) in [7, 11) is 1.73. The lowest BCUT2D eigenvalue weighted by Gasteiger charge is -2.25. The molecule has 0 atom stereocenters. The lowest BCUT2D eigenvalue weighted by molar-refractivity contribution is 0.157. The van der Waals surface area contributed by atoms with Crippen LogP contribution in [0.4, 0.5) is 11.6 Å². The normalized spacial score (nSPS) is 11.5. The number of rotatable bonds is 8. The minimum Gasteiger partial charge on any atom is -0.385 e. The average Bonchev–Trinajstić information content (AvgIpc) is 2.44. The molecule has 1 aromatic rings. The van der Waals surface area contributed by atoms with Crippen molar-refractivity contribution < 1.29 is 4.74 Å². The molecular formula is C14H27N5O. The second-order valence-corrected chi connectivity index (χ2v) is 5.72. The van der Waals surface area contributed by atoms with E-state index in [0.717, 1.165) is 43.2 Å². The number of hydrazine groups is 1. The first-order valence-electron chi connectivity index (χ1n) is 7.00. The van der Waals surface area contributed by atoms with E-state index in [0.29, 0.717) is 5.82 Å². The Kier molecular flexibility index (Phi) is 6.16. The lowest BCUT2D eigenvalue weighted by atomic mass is 9.89. The largest absolute Gasteiger partial charge is 0.385 e. The summed E-state index contributed by atoms with van der Waals surface area (Å²) in [5.74, 6) is 7.80. The second kappa shape index (κ2) is 7.40. The van der Waals surface area contributed by atoms with Crippen LogP contribution in [0.25, 0.3) is 0 Å². The fourth-order valence-electron chi connectivity index (χ4n) is 1.82. The van der Waals surface area contributed by atoms with Gasteiger partial charge in [0, 0.05) is 32.2 Å². The predicted octanol–water partition coefficient (Wildman–Crippen LogP) is 2.11.